The van der Waals surface area contributed by atoms with Gasteiger partial charge in [-0.05, 0) is 19.9 Å². The molecule has 0 saturated carbocycles. The highest BCUT2D eigenvalue weighted by molar-refractivity contribution is 5.79. The minimum Gasteiger partial charge on any atom is -0.474 e. The zero-order valence-electron chi connectivity index (χ0n) is 9.79. The normalized spacial score (nSPS) is 11.8. The van der Waals surface area contributed by atoms with Crippen LogP contribution in [0.4, 0.5) is 5.82 Å². The van der Waals surface area contributed by atoms with Crippen molar-refractivity contribution in [1.82, 2.24) is 10.2 Å². The molecule has 1 atom stereocenters. The Balaban J connectivity index is 2.47. The fourth-order valence-electron chi connectivity index (χ4n) is 0.860. The van der Waals surface area contributed by atoms with Crippen molar-refractivity contribution in [2.45, 2.75) is 20.0 Å². The van der Waals surface area contributed by atoms with Gasteiger partial charge in [-0.3, -0.25) is 5.43 Å². The summed E-state index contributed by atoms with van der Waals surface area (Å²) in [5, 5.41) is 29.2. The molecule has 1 aromatic heterocycles. The predicted octanol–water partition coefficient (Wildman–Crippen LogP) is 0.0163. The summed E-state index contributed by atoms with van der Waals surface area (Å²) >= 11 is 0. The maximum atomic E-state index is 9.07. The average Bonchev–Trinajstić information content (AvgIpc) is 2.34. The van der Waals surface area contributed by atoms with E-state index in [2.05, 4.69) is 20.7 Å². The molecule has 0 amide bonds. The van der Waals surface area contributed by atoms with E-state index in [1.54, 1.807) is 12.1 Å². The third-order valence-corrected chi connectivity index (χ3v) is 1.67. The molecule has 0 aromatic carbocycles. The van der Waals surface area contributed by atoms with E-state index in [4.69, 9.17) is 14.9 Å². The molecule has 1 rings (SSSR count). The van der Waals surface area contributed by atoms with Gasteiger partial charge in [-0.1, -0.05) is 0 Å². The number of hydrazone groups is 1. The maximum absolute atomic E-state index is 9.07. The van der Waals surface area contributed by atoms with Crippen LogP contribution in [0.2, 0.25) is 0 Å². The van der Waals surface area contributed by atoms with Gasteiger partial charge in [-0.15, -0.1) is 10.2 Å². The first-order chi connectivity index (χ1) is 8.11. The molecule has 94 valence electrons. The van der Waals surface area contributed by atoms with E-state index >= 15 is 0 Å². The molecule has 7 nitrogen and oxygen atoms in total. The van der Waals surface area contributed by atoms with Crippen molar-refractivity contribution in [1.29, 1.82) is 0 Å². The summed E-state index contributed by atoms with van der Waals surface area (Å²) in [6.45, 7) is 3.34. The predicted molar refractivity (Wildman–Crippen MR) is 63.0 cm³/mol. The van der Waals surface area contributed by atoms with E-state index in [0.717, 1.165) is 5.71 Å². The molecule has 0 aliphatic rings. The van der Waals surface area contributed by atoms with E-state index in [0.29, 0.717) is 5.82 Å². The van der Waals surface area contributed by atoms with Crippen LogP contribution in [0.3, 0.4) is 0 Å². The molecule has 7 heteroatoms. The van der Waals surface area contributed by atoms with Crippen LogP contribution in [-0.2, 0) is 0 Å². The van der Waals surface area contributed by atoms with Gasteiger partial charge in [0.05, 0.1) is 6.61 Å². The minimum absolute atomic E-state index is 0.0236. The van der Waals surface area contributed by atoms with Crippen molar-refractivity contribution in [2.75, 3.05) is 18.6 Å². The Bertz CT molecular complexity index is 362. The van der Waals surface area contributed by atoms with Gasteiger partial charge in [0.15, 0.2) is 5.82 Å². The molecule has 0 spiro atoms. The van der Waals surface area contributed by atoms with Crippen LogP contribution in [0, 0.1) is 0 Å². The number of aromatic nitrogens is 2. The number of anilines is 1. The average molecular weight is 240 g/mol. The summed E-state index contributed by atoms with van der Waals surface area (Å²) in [4.78, 5) is 0. The van der Waals surface area contributed by atoms with Crippen LogP contribution in [0.25, 0.3) is 0 Å². The van der Waals surface area contributed by atoms with Crippen molar-refractivity contribution in [3.05, 3.63) is 12.1 Å². The molecule has 0 saturated heterocycles. The zero-order valence-corrected chi connectivity index (χ0v) is 9.79. The summed E-state index contributed by atoms with van der Waals surface area (Å²) in [5.41, 5.74) is 3.59. The number of nitrogens with one attached hydrogen (secondary N) is 1. The van der Waals surface area contributed by atoms with Gasteiger partial charge in [-0.25, -0.2) is 0 Å². The first-order valence-electron chi connectivity index (χ1n) is 5.14. The summed E-state index contributed by atoms with van der Waals surface area (Å²) in [5.74, 6) is 0.779. The SMILES string of the molecule is CC(C)=NNc1ccc(OCC(O)CO)nn1. The van der Waals surface area contributed by atoms with Gasteiger partial charge in [-0.2, -0.15) is 5.10 Å². The second-order valence-corrected chi connectivity index (χ2v) is 3.58. The number of hydrogen-bond donors (Lipinski definition) is 3. The highest BCUT2D eigenvalue weighted by Gasteiger charge is 2.04. The Morgan fingerprint density at radius 2 is 2.24 bits per heavy atom. The van der Waals surface area contributed by atoms with E-state index in [-0.39, 0.29) is 19.1 Å². The van der Waals surface area contributed by atoms with Crippen LogP contribution in [-0.4, -0.2) is 45.4 Å². The van der Waals surface area contributed by atoms with Crippen LogP contribution >= 0.6 is 0 Å². The summed E-state index contributed by atoms with van der Waals surface area (Å²) in [6.07, 6.45) is -0.915. The van der Waals surface area contributed by atoms with Crippen LogP contribution in [0.1, 0.15) is 13.8 Å². The second-order valence-electron chi connectivity index (χ2n) is 3.58. The number of rotatable bonds is 6. The Morgan fingerprint density at radius 1 is 1.47 bits per heavy atom. The van der Waals surface area contributed by atoms with Crippen molar-refractivity contribution < 1.29 is 14.9 Å². The Hall–Kier alpha value is -1.73. The fraction of sp³-hybridized carbons (Fsp3) is 0.500. The smallest absolute Gasteiger partial charge is 0.233 e. The Kier molecular flexibility index (Phi) is 5.31. The Labute approximate surface area is 99.1 Å². The van der Waals surface area contributed by atoms with Gasteiger partial charge >= 0.3 is 0 Å². The molecular formula is C10H16N4O3. The van der Waals surface area contributed by atoms with E-state index in [1.807, 2.05) is 13.8 Å². The van der Waals surface area contributed by atoms with Crippen LogP contribution in [0.15, 0.2) is 17.2 Å². The van der Waals surface area contributed by atoms with Gasteiger partial charge in [0.1, 0.15) is 12.7 Å². The number of hydrogen-bond acceptors (Lipinski definition) is 7. The first-order valence-corrected chi connectivity index (χ1v) is 5.14. The monoisotopic (exact) mass is 240 g/mol. The lowest BCUT2D eigenvalue weighted by molar-refractivity contribution is 0.0518. The maximum Gasteiger partial charge on any atom is 0.233 e. The summed E-state index contributed by atoms with van der Waals surface area (Å²) < 4.78 is 5.09. The highest BCUT2D eigenvalue weighted by atomic mass is 16.5. The molecule has 0 bridgehead atoms. The number of aliphatic hydroxyl groups is 2. The minimum atomic E-state index is -0.915. The molecule has 0 fully saturated rings. The molecule has 0 aliphatic heterocycles. The molecule has 0 aliphatic carbocycles. The number of ether oxygens (including phenoxy) is 1. The third kappa shape index (κ3) is 5.23. The van der Waals surface area contributed by atoms with Crippen molar-refractivity contribution in [3.8, 4) is 5.88 Å². The molecular weight excluding hydrogens is 224 g/mol. The van der Waals surface area contributed by atoms with E-state index in [1.165, 1.54) is 0 Å². The van der Waals surface area contributed by atoms with Crippen molar-refractivity contribution in [2.24, 2.45) is 5.10 Å². The molecule has 1 aromatic rings. The van der Waals surface area contributed by atoms with Crippen LogP contribution < -0.4 is 10.2 Å². The first kappa shape index (κ1) is 13.3. The fourth-order valence-corrected chi connectivity index (χ4v) is 0.860. The van der Waals surface area contributed by atoms with Gasteiger partial charge in [0, 0.05) is 11.8 Å². The summed E-state index contributed by atoms with van der Waals surface area (Å²) in [6, 6.07) is 3.25. The molecule has 1 unspecified atom stereocenters. The largest absolute Gasteiger partial charge is 0.474 e. The number of nitrogens with zero attached hydrogens (tertiary/aromatic N) is 3. The van der Waals surface area contributed by atoms with Crippen LogP contribution in [0.5, 0.6) is 5.88 Å². The Morgan fingerprint density at radius 3 is 2.76 bits per heavy atom. The van der Waals surface area contributed by atoms with Gasteiger partial charge in [0.25, 0.3) is 0 Å². The van der Waals surface area contributed by atoms with Gasteiger partial charge < -0.3 is 14.9 Å². The molecule has 1 heterocycles. The highest BCUT2D eigenvalue weighted by Crippen LogP contribution is 2.08. The lowest BCUT2D eigenvalue weighted by Gasteiger charge is -2.08. The van der Waals surface area contributed by atoms with Crippen molar-refractivity contribution in [3.63, 3.8) is 0 Å². The lowest BCUT2D eigenvalue weighted by atomic mass is 10.4. The van der Waals surface area contributed by atoms with E-state index < -0.39 is 6.10 Å². The lowest BCUT2D eigenvalue weighted by Crippen LogP contribution is -2.21. The summed E-state index contributed by atoms with van der Waals surface area (Å²) in [7, 11) is 0. The second kappa shape index (κ2) is 6.77. The molecule has 3 N–H and O–H groups in total. The van der Waals surface area contributed by atoms with E-state index in [9.17, 15) is 0 Å². The van der Waals surface area contributed by atoms with Crippen molar-refractivity contribution >= 4 is 11.5 Å². The standard InChI is InChI=1S/C10H16N4O3/c1-7(2)11-12-9-3-4-10(14-13-9)17-6-8(16)5-15/h3-4,8,15-16H,5-6H2,1-2H3,(H,12,13). The number of aliphatic hydroxyl groups excluding tert-OH is 2. The van der Waals surface area contributed by atoms with Gasteiger partial charge in [0.2, 0.25) is 5.88 Å². The zero-order chi connectivity index (χ0) is 12.7. The molecule has 0 radical (unpaired) electrons. The quantitative estimate of drug-likeness (QED) is 0.478. The third-order valence-electron chi connectivity index (χ3n) is 1.67. The topological polar surface area (TPSA) is 99.9 Å². The molecule has 17 heavy (non-hydrogen) atoms.